The minimum absolute atomic E-state index is 0.00947. The van der Waals surface area contributed by atoms with Crippen LogP contribution in [0.15, 0.2) is 35.7 Å². The molecule has 1 aromatic heterocycles. The van der Waals surface area contributed by atoms with Gasteiger partial charge in [0.2, 0.25) is 11.8 Å². The highest BCUT2D eigenvalue weighted by Gasteiger charge is 2.38. The number of hydrogen-bond donors (Lipinski definition) is 0. The minimum atomic E-state index is -0.183. The van der Waals surface area contributed by atoms with Crippen LogP contribution in [0.2, 0.25) is 0 Å². The quantitative estimate of drug-likeness (QED) is 0.565. The van der Waals surface area contributed by atoms with Crippen LogP contribution in [0.1, 0.15) is 49.6 Å². The number of rotatable bonds is 9. The van der Waals surface area contributed by atoms with Crippen molar-refractivity contribution in [1.29, 1.82) is 0 Å². The summed E-state index contributed by atoms with van der Waals surface area (Å²) in [6.07, 6.45) is 3.55. The number of methoxy groups -OCH3 is 1. The third kappa shape index (κ3) is 4.77. The van der Waals surface area contributed by atoms with E-state index in [2.05, 4.69) is 18.4 Å². The van der Waals surface area contributed by atoms with Crippen molar-refractivity contribution in [3.8, 4) is 11.5 Å². The van der Waals surface area contributed by atoms with Gasteiger partial charge < -0.3 is 19.3 Å². The van der Waals surface area contributed by atoms with E-state index in [1.807, 2.05) is 36.1 Å². The predicted molar refractivity (Wildman–Crippen MR) is 125 cm³/mol. The van der Waals surface area contributed by atoms with Crippen molar-refractivity contribution in [3.05, 3.63) is 46.2 Å². The second kappa shape index (κ2) is 9.94. The lowest BCUT2D eigenvalue weighted by Crippen LogP contribution is -2.50. The summed E-state index contributed by atoms with van der Waals surface area (Å²) in [6, 6.07) is 9.51. The number of ether oxygens (including phenoxy) is 2. The summed E-state index contributed by atoms with van der Waals surface area (Å²) < 4.78 is 11.6. The number of hydrogen-bond acceptors (Lipinski definition) is 5. The van der Waals surface area contributed by atoms with Crippen molar-refractivity contribution in [2.24, 2.45) is 5.92 Å². The van der Waals surface area contributed by atoms with Gasteiger partial charge in [0.25, 0.3) is 0 Å². The second-order valence-corrected chi connectivity index (χ2v) is 9.61. The normalized spacial score (nSPS) is 18.6. The smallest absolute Gasteiger partial charge is 0.242 e. The molecule has 1 aliphatic carbocycles. The Labute approximate surface area is 194 Å². The molecule has 32 heavy (non-hydrogen) atoms. The predicted octanol–water partition coefficient (Wildman–Crippen LogP) is 4.30. The molecule has 2 unspecified atom stereocenters. The zero-order chi connectivity index (χ0) is 22.7. The molecule has 7 heteroatoms. The summed E-state index contributed by atoms with van der Waals surface area (Å²) in [7, 11) is 1.62. The lowest BCUT2D eigenvalue weighted by molar-refractivity contribution is -0.145. The molecule has 2 aromatic rings. The Kier molecular flexibility index (Phi) is 7.04. The van der Waals surface area contributed by atoms with Crippen LogP contribution in [0.5, 0.6) is 11.5 Å². The van der Waals surface area contributed by atoms with Crippen LogP contribution < -0.4 is 9.47 Å². The minimum Gasteiger partial charge on any atom is -0.493 e. The number of para-hydroxylation sites is 2. The number of carbonyl (C=O) groups is 2. The van der Waals surface area contributed by atoms with Gasteiger partial charge in [0.05, 0.1) is 13.2 Å². The van der Waals surface area contributed by atoms with E-state index in [9.17, 15) is 9.59 Å². The summed E-state index contributed by atoms with van der Waals surface area (Å²) in [5.41, 5.74) is 1.15. The van der Waals surface area contributed by atoms with Gasteiger partial charge in [-0.2, -0.15) is 0 Å². The summed E-state index contributed by atoms with van der Waals surface area (Å²) in [4.78, 5) is 31.4. The van der Waals surface area contributed by atoms with Gasteiger partial charge in [0.1, 0.15) is 13.2 Å². The zero-order valence-electron chi connectivity index (χ0n) is 19.1. The molecule has 1 aromatic carbocycles. The molecular weight excluding hydrogens is 424 g/mol. The fourth-order valence-corrected chi connectivity index (χ4v) is 5.18. The molecule has 0 bridgehead atoms. The number of benzene rings is 1. The third-order valence-corrected chi connectivity index (χ3v) is 7.52. The van der Waals surface area contributed by atoms with Crippen molar-refractivity contribution < 1.29 is 19.1 Å². The Balaban J connectivity index is 1.53. The van der Waals surface area contributed by atoms with Crippen LogP contribution in [0, 0.1) is 5.92 Å². The lowest BCUT2D eigenvalue weighted by Gasteiger charge is -2.38. The topological polar surface area (TPSA) is 59.1 Å². The standard InChI is InChI=1S/C25H32N2O4S/c1-4-17(2)27(25(29)18-9-10-18)15-24(28)26-13-11-23-19(12-14-32-23)20(26)16-31-22-8-6-5-7-21(22)30-3/h5-8,12,14,17-18,20H,4,9-11,13,15-16H2,1-3H3. The van der Waals surface area contributed by atoms with Crippen molar-refractivity contribution in [2.75, 3.05) is 26.8 Å². The van der Waals surface area contributed by atoms with E-state index in [1.54, 1.807) is 23.3 Å². The van der Waals surface area contributed by atoms with E-state index in [0.717, 1.165) is 31.2 Å². The Hall–Kier alpha value is -2.54. The van der Waals surface area contributed by atoms with Crippen molar-refractivity contribution in [3.63, 3.8) is 0 Å². The molecule has 1 fully saturated rings. The molecule has 1 saturated carbocycles. The summed E-state index contributed by atoms with van der Waals surface area (Å²) in [5, 5.41) is 2.08. The van der Waals surface area contributed by atoms with Crippen molar-refractivity contribution in [2.45, 2.75) is 51.6 Å². The molecule has 0 saturated heterocycles. The first kappa shape index (κ1) is 22.6. The van der Waals surface area contributed by atoms with Crippen LogP contribution >= 0.6 is 11.3 Å². The molecule has 2 aliphatic rings. The van der Waals surface area contributed by atoms with Gasteiger partial charge in [-0.25, -0.2) is 0 Å². The first-order chi connectivity index (χ1) is 15.5. The molecule has 2 heterocycles. The molecule has 1 aliphatic heterocycles. The molecule has 4 rings (SSSR count). The molecule has 0 radical (unpaired) electrons. The third-order valence-electron chi connectivity index (χ3n) is 6.52. The highest BCUT2D eigenvalue weighted by Crippen LogP contribution is 2.36. The van der Waals surface area contributed by atoms with Crippen LogP contribution in [-0.4, -0.2) is 54.5 Å². The zero-order valence-corrected chi connectivity index (χ0v) is 19.9. The molecule has 0 N–H and O–H groups in total. The Bertz CT molecular complexity index is 955. The molecule has 6 nitrogen and oxygen atoms in total. The maximum Gasteiger partial charge on any atom is 0.242 e. The number of carbonyl (C=O) groups excluding carboxylic acids is 2. The Morgan fingerprint density at radius 2 is 1.97 bits per heavy atom. The van der Waals surface area contributed by atoms with Gasteiger partial charge >= 0.3 is 0 Å². The van der Waals surface area contributed by atoms with Crippen LogP contribution in [0.25, 0.3) is 0 Å². The van der Waals surface area contributed by atoms with Gasteiger partial charge in [-0.3, -0.25) is 9.59 Å². The highest BCUT2D eigenvalue weighted by molar-refractivity contribution is 7.10. The maximum atomic E-state index is 13.5. The average molecular weight is 457 g/mol. The number of nitrogens with zero attached hydrogens (tertiary/aromatic N) is 2. The van der Waals surface area contributed by atoms with Gasteiger partial charge in [-0.1, -0.05) is 19.1 Å². The van der Waals surface area contributed by atoms with Gasteiger partial charge in [-0.15, -0.1) is 11.3 Å². The van der Waals surface area contributed by atoms with E-state index in [0.29, 0.717) is 24.7 Å². The number of amides is 2. The van der Waals surface area contributed by atoms with Crippen LogP contribution in [-0.2, 0) is 16.0 Å². The van der Waals surface area contributed by atoms with E-state index in [-0.39, 0.29) is 36.4 Å². The van der Waals surface area contributed by atoms with E-state index in [1.165, 1.54) is 4.88 Å². The average Bonchev–Trinajstić information content (AvgIpc) is 3.56. The maximum absolute atomic E-state index is 13.5. The highest BCUT2D eigenvalue weighted by atomic mass is 32.1. The number of thiophene rings is 1. The summed E-state index contributed by atoms with van der Waals surface area (Å²) >= 11 is 1.73. The Morgan fingerprint density at radius 1 is 1.22 bits per heavy atom. The second-order valence-electron chi connectivity index (χ2n) is 8.61. The van der Waals surface area contributed by atoms with E-state index >= 15 is 0 Å². The molecule has 0 spiro atoms. The fraction of sp³-hybridized carbons (Fsp3) is 0.520. The van der Waals surface area contributed by atoms with Gasteiger partial charge in [-0.05, 0) is 61.7 Å². The van der Waals surface area contributed by atoms with E-state index in [4.69, 9.17) is 9.47 Å². The summed E-state index contributed by atoms with van der Waals surface area (Å²) in [5.74, 6) is 1.55. The van der Waals surface area contributed by atoms with Crippen LogP contribution in [0.3, 0.4) is 0 Å². The molecular formula is C25H32N2O4S. The molecule has 172 valence electrons. The van der Waals surface area contributed by atoms with Crippen molar-refractivity contribution in [1.82, 2.24) is 9.80 Å². The largest absolute Gasteiger partial charge is 0.493 e. The van der Waals surface area contributed by atoms with E-state index < -0.39 is 0 Å². The first-order valence-electron chi connectivity index (χ1n) is 11.5. The monoisotopic (exact) mass is 456 g/mol. The van der Waals surface area contributed by atoms with Gasteiger partial charge in [0.15, 0.2) is 11.5 Å². The SMILES string of the molecule is CCC(C)N(CC(=O)N1CCc2sccc2C1COc1ccccc1OC)C(=O)C1CC1. The first-order valence-corrected chi connectivity index (χ1v) is 12.3. The van der Waals surface area contributed by atoms with Gasteiger partial charge in [0, 0.05) is 23.4 Å². The fourth-order valence-electron chi connectivity index (χ4n) is 4.25. The lowest BCUT2D eigenvalue weighted by atomic mass is 10.00. The molecule has 2 amide bonds. The van der Waals surface area contributed by atoms with Crippen molar-refractivity contribution >= 4 is 23.2 Å². The Morgan fingerprint density at radius 3 is 2.66 bits per heavy atom. The molecule has 2 atom stereocenters. The number of fused-ring (bicyclic) bond motifs is 1. The summed E-state index contributed by atoms with van der Waals surface area (Å²) in [6.45, 7) is 5.21. The van der Waals surface area contributed by atoms with Crippen LogP contribution in [0.4, 0.5) is 0 Å².